The molecule has 4 heterocycles. The Kier molecular flexibility index (Phi) is 4.75. The molecule has 0 bridgehead atoms. The van der Waals surface area contributed by atoms with Gasteiger partial charge < -0.3 is 24.4 Å². The first-order valence-corrected chi connectivity index (χ1v) is 9.10. The molecule has 7 nitrogen and oxygen atoms in total. The second-order valence-electron chi connectivity index (χ2n) is 7.00. The van der Waals surface area contributed by atoms with Crippen LogP contribution in [0.2, 0.25) is 0 Å². The van der Waals surface area contributed by atoms with Gasteiger partial charge in [-0.3, -0.25) is 0 Å². The van der Waals surface area contributed by atoms with E-state index in [2.05, 4.69) is 14.9 Å². The molecule has 0 aromatic carbocycles. The zero-order valence-corrected chi connectivity index (χ0v) is 14.4. The fourth-order valence-corrected chi connectivity index (χ4v) is 3.97. The van der Waals surface area contributed by atoms with E-state index >= 15 is 0 Å². The third-order valence-corrected chi connectivity index (χ3v) is 5.53. The Bertz CT molecular complexity index is 604. The fraction of sp³-hybridized carbons (Fsp3) is 0.765. The number of aliphatic hydroxyl groups excluding tert-OH is 1. The quantitative estimate of drug-likeness (QED) is 0.850. The normalized spacial score (nSPS) is 26.9. The first-order chi connectivity index (χ1) is 12.2. The molecule has 3 fully saturated rings. The standard InChI is InChI=1S/C17H25FN4O3/c18-13-12-19-16(20-15(13)21-7-10-24-11-8-21)22-5-3-17(4-6-22)14(23)2-1-9-25-17/h12,14,23H,1-11H2/t14-/m1/s1. The number of hydrogen-bond donors (Lipinski definition) is 1. The van der Waals surface area contributed by atoms with Gasteiger partial charge in [-0.25, -0.2) is 9.37 Å². The molecule has 4 rings (SSSR count). The van der Waals surface area contributed by atoms with E-state index in [0.29, 0.717) is 57.8 Å². The van der Waals surface area contributed by atoms with Crippen molar-refractivity contribution in [3.63, 3.8) is 0 Å². The van der Waals surface area contributed by atoms with E-state index in [-0.39, 0.29) is 0 Å². The average molecular weight is 352 g/mol. The number of rotatable bonds is 2. The van der Waals surface area contributed by atoms with E-state index in [4.69, 9.17) is 9.47 Å². The van der Waals surface area contributed by atoms with Crippen LogP contribution < -0.4 is 9.80 Å². The van der Waals surface area contributed by atoms with Crippen molar-refractivity contribution in [1.29, 1.82) is 0 Å². The molecule has 0 saturated carbocycles. The van der Waals surface area contributed by atoms with Crippen molar-refractivity contribution < 1.29 is 19.0 Å². The van der Waals surface area contributed by atoms with Crippen LogP contribution in [0.15, 0.2) is 6.20 Å². The number of piperidine rings is 1. The van der Waals surface area contributed by atoms with E-state index < -0.39 is 17.5 Å². The number of nitrogens with zero attached hydrogens (tertiary/aromatic N) is 4. The summed E-state index contributed by atoms with van der Waals surface area (Å²) in [5.74, 6) is 0.496. The molecule has 3 saturated heterocycles. The van der Waals surface area contributed by atoms with Gasteiger partial charge in [-0.2, -0.15) is 4.98 Å². The molecular formula is C17H25FN4O3. The summed E-state index contributed by atoms with van der Waals surface area (Å²) in [4.78, 5) is 12.6. The summed E-state index contributed by atoms with van der Waals surface area (Å²) in [6.45, 7) is 4.55. The minimum Gasteiger partial charge on any atom is -0.390 e. The van der Waals surface area contributed by atoms with E-state index in [9.17, 15) is 9.50 Å². The maximum absolute atomic E-state index is 14.2. The highest BCUT2D eigenvalue weighted by Crippen LogP contribution is 2.36. The third kappa shape index (κ3) is 3.30. The average Bonchev–Trinajstić information content (AvgIpc) is 2.66. The Labute approximate surface area is 146 Å². The summed E-state index contributed by atoms with van der Waals surface area (Å²) in [6, 6.07) is 0. The highest BCUT2D eigenvalue weighted by molar-refractivity contribution is 5.45. The van der Waals surface area contributed by atoms with Crippen molar-refractivity contribution in [2.24, 2.45) is 0 Å². The lowest BCUT2D eigenvalue weighted by Crippen LogP contribution is -2.55. The summed E-state index contributed by atoms with van der Waals surface area (Å²) in [7, 11) is 0. The van der Waals surface area contributed by atoms with Gasteiger partial charge in [0.2, 0.25) is 5.95 Å². The van der Waals surface area contributed by atoms with E-state index in [1.807, 2.05) is 4.90 Å². The van der Waals surface area contributed by atoms with Crippen molar-refractivity contribution >= 4 is 11.8 Å². The highest BCUT2D eigenvalue weighted by Gasteiger charge is 2.44. The highest BCUT2D eigenvalue weighted by atomic mass is 19.1. The second-order valence-corrected chi connectivity index (χ2v) is 7.00. The molecule has 0 amide bonds. The molecule has 1 aromatic heterocycles. The van der Waals surface area contributed by atoms with Gasteiger partial charge in [-0.1, -0.05) is 0 Å². The van der Waals surface area contributed by atoms with Crippen molar-refractivity contribution in [2.45, 2.75) is 37.4 Å². The van der Waals surface area contributed by atoms with Crippen LogP contribution in [0.25, 0.3) is 0 Å². The van der Waals surface area contributed by atoms with Crippen LogP contribution in [-0.4, -0.2) is 72.8 Å². The first kappa shape index (κ1) is 16.9. The Morgan fingerprint density at radius 3 is 2.60 bits per heavy atom. The predicted molar refractivity (Wildman–Crippen MR) is 90.4 cm³/mol. The van der Waals surface area contributed by atoms with Gasteiger partial charge in [0.15, 0.2) is 11.6 Å². The van der Waals surface area contributed by atoms with Gasteiger partial charge in [0, 0.05) is 32.8 Å². The van der Waals surface area contributed by atoms with Gasteiger partial charge in [-0.15, -0.1) is 0 Å². The van der Waals surface area contributed by atoms with Gasteiger partial charge in [0.1, 0.15) is 0 Å². The molecule has 0 radical (unpaired) electrons. The first-order valence-electron chi connectivity index (χ1n) is 9.10. The predicted octanol–water partition coefficient (Wildman–Crippen LogP) is 0.963. The number of morpholine rings is 1. The van der Waals surface area contributed by atoms with Crippen molar-refractivity contribution in [2.75, 3.05) is 55.8 Å². The molecule has 0 unspecified atom stereocenters. The molecule has 1 aromatic rings. The number of ether oxygens (including phenoxy) is 2. The Hall–Kier alpha value is -1.51. The molecule has 138 valence electrons. The molecule has 0 aliphatic carbocycles. The lowest BCUT2D eigenvalue weighted by Gasteiger charge is -2.46. The lowest BCUT2D eigenvalue weighted by atomic mass is 9.82. The summed E-state index contributed by atoms with van der Waals surface area (Å²) in [5.41, 5.74) is -0.429. The minimum absolute atomic E-state index is 0.350. The molecule has 1 N–H and O–H groups in total. The second kappa shape index (κ2) is 7.01. The van der Waals surface area contributed by atoms with Crippen LogP contribution in [-0.2, 0) is 9.47 Å². The van der Waals surface area contributed by atoms with Gasteiger partial charge in [0.25, 0.3) is 0 Å². The number of halogens is 1. The monoisotopic (exact) mass is 352 g/mol. The van der Waals surface area contributed by atoms with E-state index in [1.165, 1.54) is 6.20 Å². The van der Waals surface area contributed by atoms with Crippen LogP contribution in [0.3, 0.4) is 0 Å². The Balaban J connectivity index is 1.47. The molecule has 3 aliphatic rings. The number of anilines is 2. The van der Waals surface area contributed by atoms with Crippen LogP contribution in [0.5, 0.6) is 0 Å². The SMILES string of the molecule is O[C@@H]1CCCOC12CCN(c1ncc(F)c(N3CCOCC3)n1)CC2. The summed E-state index contributed by atoms with van der Waals surface area (Å²) >= 11 is 0. The summed E-state index contributed by atoms with van der Waals surface area (Å²) in [6.07, 6.45) is 4.04. The van der Waals surface area contributed by atoms with Gasteiger partial charge >= 0.3 is 0 Å². The largest absolute Gasteiger partial charge is 0.390 e. The van der Waals surface area contributed by atoms with Crippen LogP contribution in [0.1, 0.15) is 25.7 Å². The smallest absolute Gasteiger partial charge is 0.227 e. The van der Waals surface area contributed by atoms with Crippen molar-refractivity contribution in [1.82, 2.24) is 9.97 Å². The molecular weight excluding hydrogens is 327 g/mol. The maximum atomic E-state index is 14.2. The Morgan fingerprint density at radius 1 is 1.12 bits per heavy atom. The van der Waals surface area contributed by atoms with E-state index in [1.54, 1.807) is 0 Å². The molecule has 8 heteroatoms. The minimum atomic E-state index is -0.429. The van der Waals surface area contributed by atoms with Crippen LogP contribution in [0.4, 0.5) is 16.2 Å². The Morgan fingerprint density at radius 2 is 1.88 bits per heavy atom. The van der Waals surface area contributed by atoms with Crippen LogP contribution >= 0.6 is 0 Å². The summed E-state index contributed by atoms with van der Waals surface area (Å²) < 4.78 is 25.4. The molecule has 25 heavy (non-hydrogen) atoms. The zero-order chi connectivity index (χ0) is 17.3. The zero-order valence-electron chi connectivity index (χ0n) is 14.4. The van der Waals surface area contributed by atoms with Crippen molar-refractivity contribution in [3.8, 4) is 0 Å². The summed E-state index contributed by atoms with van der Waals surface area (Å²) in [5, 5.41) is 10.3. The van der Waals surface area contributed by atoms with Crippen molar-refractivity contribution in [3.05, 3.63) is 12.0 Å². The number of aromatic nitrogens is 2. The molecule has 1 spiro atoms. The van der Waals surface area contributed by atoms with Gasteiger partial charge in [0.05, 0.1) is 31.1 Å². The molecule has 3 aliphatic heterocycles. The topological polar surface area (TPSA) is 71.0 Å². The third-order valence-electron chi connectivity index (χ3n) is 5.53. The van der Waals surface area contributed by atoms with Crippen LogP contribution in [0, 0.1) is 5.82 Å². The van der Waals surface area contributed by atoms with E-state index in [0.717, 1.165) is 25.7 Å². The maximum Gasteiger partial charge on any atom is 0.227 e. The fourth-order valence-electron chi connectivity index (χ4n) is 3.97. The number of aliphatic hydroxyl groups is 1. The lowest BCUT2D eigenvalue weighted by molar-refractivity contribution is -0.164. The molecule has 1 atom stereocenters. The number of hydrogen-bond acceptors (Lipinski definition) is 7. The van der Waals surface area contributed by atoms with Gasteiger partial charge in [-0.05, 0) is 25.7 Å².